The Balaban J connectivity index is 2.45. The molecule has 0 N–H and O–H groups in total. The Kier molecular flexibility index (Phi) is 3.73. The third kappa shape index (κ3) is 3.21. The summed E-state index contributed by atoms with van der Waals surface area (Å²) in [5, 5.41) is 0.258. The van der Waals surface area contributed by atoms with Crippen molar-refractivity contribution >= 4 is 21.4 Å². The molecule has 0 unspecified atom stereocenters. The molecule has 0 aliphatic carbocycles. The highest BCUT2D eigenvalue weighted by molar-refractivity contribution is 7.90. The van der Waals surface area contributed by atoms with Gasteiger partial charge >= 0.3 is 0 Å². The highest BCUT2D eigenvalue weighted by Gasteiger charge is 2.09. The number of ether oxygens (including phenoxy) is 1. The molecule has 1 heterocycles. The fourth-order valence-corrected chi connectivity index (χ4v) is 2.29. The van der Waals surface area contributed by atoms with Crippen molar-refractivity contribution in [2.45, 2.75) is 4.90 Å². The minimum absolute atomic E-state index is 0.241. The number of benzene rings is 1. The van der Waals surface area contributed by atoms with Gasteiger partial charge in [-0.15, -0.1) is 0 Å². The predicted octanol–water partition coefficient (Wildman–Crippen LogP) is 2.21. The van der Waals surface area contributed by atoms with Crippen LogP contribution in [-0.4, -0.2) is 31.8 Å². The average Bonchev–Trinajstić information content (AvgIpc) is 2.37. The summed E-state index contributed by atoms with van der Waals surface area (Å²) in [4.78, 5) is 8.46. The van der Waals surface area contributed by atoms with Crippen LogP contribution in [0.15, 0.2) is 35.2 Å². The SMILES string of the molecule is COc1cc(Cl)nc(-c2ccc(S(C)(=O)=O)cc2)n1. The minimum Gasteiger partial charge on any atom is -0.481 e. The first-order valence-electron chi connectivity index (χ1n) is 5.29. The van der Waals surface area contributed by atoms with Gasteiger partial charge < -0.3 is 4.74 Å². The smallest absolute Gasteiger partial charge is 0.218 e. The average molecular weight is 299 g/mol. The monoisotopic (exact) mass is 298 g/mol. The first-order valence-corrected chi connectivity index (χ1v) is 7.56. The van der Waals surface area contributed by atoms with Crippen molar-refractivity contribution in [1.82, 2.24) is 9.97 Å². The van der Waals surface area contributed by atoms with Gasteiger partial charge in [-0.3, -0.25) is 0 Å². The van der Waals surface area contributed by atoms with Crippen molar-refractivity contribution in [3.05, 3.63) is 35.5 Å². The van der Waals surface area contributed by atoms with Gasteiger partial charge in [-0.1, -0.05) is 11.6 Å². The lowest BCUT2D eigenvalue weighted by molar-refractivity contribution is 0.397. The van der Waals surface area contributed by atoms with E-state index in [1.807, 2.05) is 0 Å². The van der Waals surface area contributed by atoms with Gasteiger partial charge in [-0.05, 0) is 24.3 Å². The second kappa shape index (κ2) is 5.14. The maximum absolute atomic E-state index is 11.4. The molecule has 0 aliphatic rings. The number of aromatic nitrogens is 2. The molecule has 1 aromatic carbocycles. The van der Waals surface area contributed by atoms with Crippen molar-refractivity contribution in [3.63, 3.8) is 0 Å². The van der Waals surface area contributed by atoms with Crippen molar-refractivity contribution in [2.24, 2.45) is 0 Å². The van der Waals surface area contributed by atoms with E-state index in [0.29, 0.717) is 17.3 Å². The molecule has 19 heavy (non-hydrogen) atoms. The summed E-state index contributed by atoms with van der Waals surface area (Å²) in [5.74, 6) is 0.728. The molecule has 0 bridgehead atoms. The van der Waals surface area contributed by atoms with Crippen LogP contribution in [0.25, 0.3) is 11.4 Å². The fourth-order valence-electron chi connectivity index (χ4n) is 1.48. The van der Waals surface area contributed by atoms with Crippen molar-refractivity contribution in [3.8, 4) is 17.3 Å². The molecule has 0 amide bonds. The van der Waals surface area contributed by atoms with Gasteiger partial charge in [-0.25, -0.2) is 13.4 Å². The standard InChI is InChI=1S/C12H11ClN2O3S/c1-18-11-7-10(13)14-12(15-11)8-3-5-9(6-4-8)19(2,16)17/h3-7H,1-2H3. The molecule has 0 fully saturated rings. The summed E-state index contributed by atoms with van der Waals surface area (Å²) >= 11 is 5.86. The number of hydrogen-bond donors (Lipinski definition) is 0. The lowest BCUT2D eigenvalue weighted by Crippen LogP contribution is -1.97. The molecule has 2 rings (SSSR count). The van der Waals surface area contributed by atoms with Gasteiger partial charge in [0.05, 0.1) is 12.0 Å². The van der Waals surface area contributed by atoms with E-state index in [9.17, 15) is 8.42 Å². The molecule has 0 saturated carbocycles. The molecule has 0 radical (unpaired) electrons. The Morgan fingerprint density at radius 1 is 1.16 bits per heavy atom. The Hall–Kier alpha value is -1.66. The molecule has 0 saturated heterocycles. The molecule has 2 aromatic rings. The zero-order chi connectivity index (χ0) is 14.0. The van der Waals surface area contributed by atoms with E-state index in [2.05, 4.69) is 9.97 Å². The lowest BCUT2D eigenvalue weighted by atomic mass is 10.2. The summed E-state index contributed by atoms with van der Waals surface area (Å²) in [7, 11) is -1.73. The topological polar surface area (TPSA) is 69.2 Å². The van der Waals surface area contributed by atoms with E-state index in [1.54, 1.807) is 12.1 Å². The van der Waals surface area contributed by atoms with E-state index < -0.39 is 9.84 Å². The molecule has 0 aliphatic heterocycles. The maximum Gasteiger partial charge on any atom is 0.218 e. The first-order chi connectivity index (χ1) is 8.90. The van der Waals surface area contributed by atoms with Gasteiger partial charge in [0.1, 0.15) is 5.15 Å². The van der Waals surface area contributed by atoms with Gasteiger partial charge in [0.25, 0.3) is 0 Å². The highest BCUT2D eigenvalue weighted by atomic mass is 35.5. The van der Waals surface area contributed by atoms with E-state index >= 15 is 0 Å². The van der Waals surface area contributed by atoms with Crippen LogP contribution in [0.5, 0.6) is 5.88 Å². The van der Waals surface area contributed by atoms with E-state index in [1.165, 1.54) is 25.3 Å². The normalized spacial score (nSPS) is 11.3. The summed E-state index contributed by atoms with van der Waals surface area (Å²) in [5.41, 5.74) is 0.660. The molecular formula is C12H11ClN2O3S. The van der Waals surface area contributed by atoms with E-state index in [0.717, 1.165) is 6.26 Å². The Morgan fingerprint density at radius 2 is 1.79 bits per heavy atom. The van der Waals surface area contributed by atoms with Gasteiger partial charge in [0, 0.05) is 17.9 Å². The molecule has 7 heteroatoms. The second-order valence-corrected chi connectivity index (χ2v) is 6.26. The van der Waals surface area contributed by atoms with Crippen LogP contribution >= 0.6 is 11.6 Å². The molecule has 1 aromatic heterocycles. The Morgan fingerprint density at radius 3 is 2.32 bits per heavy atom. The third-order valence-electron chi connectivity index (χ3n) is 2.42. The quantitative estimate of drug-likeness (QED) is 0.813. The summed E-state index contributed by atoms with van der Waals surface area (Å²) in [6.07, 6.45) is 1.15. The fraction of sp³-hybridized carbons (Fsp3) is 0.167. The molecule has 5 nitrogen and oxygen atoms in total. The molecule has 0 atom stereocenters. The second-order valence-electron chi connectivity index (χ2n) is 3.85. The molecule has 100 valence electrons. The highest BCUT2D eigenvalue weighted by Crippen LogP contribution is 2.22. The molecular weight excluding hydrogens is 288 g/mol. The summed E-state index contributed by atoms with van der Waals surface area (Å²) < 4.78 is 27.7. The van der Waals surface area contributed by atoms with E-state index in [4.69, 9.17) is 16.3 Å². The van der Waals surface area contributed by atoms with Crippen LogP contribution in [0, 0.1) is 0 Å². The Bertz CT molecular complexity index is 699. The van der Waals surface area contributed by atoms with Crippen LogP contribution in [0.3, 0.4) is 0 Å². The predicted molar refractivity (Wildman–Crippen MR) is 72.1 cm³/mol. The summed E-state index contributed by atoms with van der Waals surface area (Å²) in [6, 6.07) is 7.75. The number of nitrogens with zero attached hydrogens (tertiary/aromatic N) is 2. The number of methoxy groups -OCH3 is 1. The van der Waals surface area contributed by atoms with Crippen molar-refractivity contribution in [2.75, 3.05) is 13.4 Å². The number of rotatable bonds is 3. The van der Waals surface area contributed by atoms with Gasteiger partial charge in [-0.2, -0.15) is 4.98 Å². The maximum atomic E-state index is 11.4. The number of sulfone groups is 1. The van der Waals surface area contributed by atoms with Crippen LogP contribution in [0.4, 0.5) is 0 Å². The van der Waals surface area contributed by atoms with Crippen LogP contribution in [0.2, 0.25) is 5.15 Å². The molecule has 0 spiro atoms. The van der Waals surface area contributed by atoms with Gasteiger partial charge in [0.15, 0.2) is 15.7 Å². The van der Waals surface area contributed by atoms with Gasteiger partial charge in [0.2, 0.25) is 5.88 Å². The minimum atomic E-state index is -3.21. The number of hydrogen-bond acceptors (Lipinski definition) is 5. The van der Waals surface area contributed by atoms with Crippen molar-refractivity contribution in [1.29, 1.82) is 0 Å². The van der Waals surface area contributed by atoms with Crippen LogP contribution < -0.4 is 4.74 Å². The number of halogens is 1. The van der Waals surface area contributed by atoms with Crippen LogP contribution in [0.1, 0.15) is 0 Å². The summed E-state index contributed by atoms with van der Waals surface area (Å²) in [6.45, 7) is 0. The van der Waals surface area contributed by atoms with Crippen molar-refractivity contribution < 1.29 is 13.2 Å². The zero-order valence-corrected chi connectivity index (χ0v) is 11.9. The van der Waals surface area contributed by atoms with Crippen LogP contribution in [-0.2, 0) is 9.84 Å². The largest absolute Gasteiger partial charge is 0.481 e. The third-order valence-corrected chi connectivity index (χ3v) is 3.74. The lowest BCUT2D eigenvalue weighted by Gasteiger charge is -2.05. The Labute approximate surface area is 116 Å². The zero-order valence-electron chi connectivity index (χ0n) is 10.3. The first kappa shape index (κ1) is 13.8. The van der Waals surface area contributed by atoms with E-state index in [-0.39, 0.29) is 10.0 Å².